The maximum absolute atomic E-state index is 12.6. The van der Waals surface area contributed by atoms with Gasteiger partial charge in [0.2, 0.25) is 0 Å². The summed E-state index contributed by atoms with van der Waals surface area (Å²) in [6, 6.07) is 1.22. The molecule has 1 aromatic rings. The fourth-order valence-corrected chi connectivity index (χ4v) is 4.80. The van der Waals surface area contributed by atoms with Crippen LogP contribution in [0.4, 0.5) is 0 Å². The quantitative estimate of drug-likeness (QED) is 0.926. The standard InChI is InChI=1S/C13H21NO4S2/c1-8-7-10(19-11(8)12(15)16)20(17,18)14(6)9(2)13(3,4)5/h7,9H,1-6H3,(H,15,16). The third-order valence-corrected chi connectivity index (χ3v) is 7.12. The van der Waals surface area contributed by atoms with Crippen molar-refractivity contribution < 1.29 is 18.3 Å². The van der Waals surface area contributed by atoms with E-state index in [1.54, 1.807) is 6.92 Å². The van der Waals surface area contributed by atoms with Crippen molar-refractivity contribution in [2.75, 3.05) is 7.05 Å². The molecule has 0 saturated carbocycles. The summed E-state index contributed by atoms with van der Waals surface area (Å²) < 4.78 is 26.5. The molecule has 20 heavy (non-hydrogen) atoms. The van der Waals surface area contributed by atoms with Gasteiger partial charge in [-0.2, -0.15) is 4.31 Å². The molecule has 1 atom stereocenters. The fraction of sp³-hybridized carbons (Fsp3) is 0.615. The van der Waals surface area contributed by atoms with Crippen LogP contribution in [0.2, 0.25) is 0 Å². The minimum atomic E-state index is -3.67. The molecular weight excluding hydrogens is 298 g/mol. The Hall–Kier alpha value is -0.920. The van der Waals surface area contributed by atoms with Gasteiger partial charge in [0.25, 0.3) is 10.0 Å². The van der Waals surface area contributed by atoms with Crippen molar-refractivity contribution >= 4 is 27.3 Å². The Kier molecular flexibility index (Phi) is 4.68. The summed E-state index contributed by atoms with van der Waals surface area (Å²) in [5.74, 6) is -1.10. The van der Waals surface area contributed by atoms with E-state index in [0.717, 1.165) is 11.3 Å². The van der Waals surface area contributed by atoms with Crippen LogP contribution in [0.3, 0.4) is 0 Å². The minimum absolute atomic E-state index is 0.0698. The molecule has 1 rings (SSSR count). The van der Waals surface area contributed by atoms with E-state index in [-0.39, 0.29) is 20.5 Å². The smallest absolute Gasteiger partial charge is 0.346 e. The highest BCUT2D eigenvalue weighted by Gasteiger charge is 2.34. The molecule has 0 saturated heterocycles. The van der Waals surface area contributed by atoms with Crippen molar-refractivity contribution in [1.82, 2.24) is 4.31 Å². The molecule has 1 N–H and O–H groups in total. The van der Waals surface area contributed by atoms with Gasteiger partial charge in [-0.15, -0.1) is 11.3 Å². The summed E-state index contributed by atoms with van der Waals surface area (Å²) in [5.41, 5.74) is 0.266. The Morgan fingerprint density at radius 1 is 1.40 bits per heavy atom. The van der Waals surface area contributed by atoms with Crippen LogP contribution >= 0.6 is 11.3 Å². The zero-order chi connectivity index (χ0) is 15.9. The van der Waals surface area contributed by atoms with Crippen LogP contribution in [-0.4, -0.2) is 36.9 Å². The molecule has 0 fully saturated rings. The van der Waals surface area contributed by atoms with Crippen molar-refractivity contribution in [1.29, 1.82) is 0 Å². The highest BCUT2D eigenvalue weighted by molar-refractivity contribution is 7.91. The normalized spacial score (nSPS) is 14.6. The molecule has 1 unspecified atom stereocenters. The van der Waals surface area contributed by atoms with E-state index in [1.165, 1.54) is 17.4 Å². The van der Waals surface area contributed by atoms with Gasteiger partial charge in [0.05, 0.1) is 0 Å². The second kappa shape index (κ2) is 5.46. The molecule has 114 valence electrons. The van der Waals surface area contributed by atoms with Crippen molar-refractivity contribution in [3.05, 3.63) is 16.5 Å². The minimum Gasteiger partial charge on any atom is -0.477 e. The number of aryl methyl sites for hydroxylation is 1. The number of carboxylic acid groups (broad SMARTS) is 1. The molecule has 0 spiro atoms. The molecule has 0 aromatic carbocycles. The number of rotatable bonds is 4. The van der Waals surface area contributed by atoms with E-state index >= 15 is 0 Å². The average molecular weight is 319 g/mol. The Morgan fingerprint density at radius 2 is 1.90 bits per heavy atom. The SMILES string of the molecule is Cc1cc(S(=O)(=O)N(C)C(C)C(C)(C)C)sc1C(=O)O. The number of carbonyl (C=O) groups is 1. The van der Waals surface area contributed by atoms with Crippen molar-refractivity contribution in [2.45, 2.75) is 44.9 Å². The molecule has 1 aromatic heterocycles. The van der Waals surface area contributed by atoms with Crippen LogP contribution in [-0.2, 0) is 10.0 Å². The average Bonchev–Trinajstić information content (AvgIpc) is 2.68. The molecule has 0 aliphatic heterocycles. The Balaban J connectivity index is 3.24. The molecule has 1 heterocycles. The number of sulfonamides is 1. The number of aromatic carboxylic acids is 1. The van der Waals surface area contributed by atoms with E-state index in [0.29, 0.717) is 5.56 Å². The molecule has 5 nitrogen and oxygen atoms in total. The van der Waals surface area contributed by atoms with Gasteiger partial charge in [-0.05, 0) is 30.9 Å². The number of carboxylic acids is 1. The summed E-state index contributed by atoms with van der Waals surface area (Å²) in [7, 11) is -2.14. The van der Waals surface area contributed by atoms with Crippen molar-refractivity contribution in [3.63, 3.8) is 0 Å². The van der Waals surface area contributed by atoms with E-state index in [2.05, 4.69) is 0 Å². The number of thiophene rings is 1. The summed E-state index contributed by atoms with van der Waals surface area (Å²) in [4.78, 5) is 11.1. The first-order valence-corrected chi connectivity index (χ1v) is 8.46. The number of hydrogen-bond acceptors (Lipinski definition) is 4. The van der Waals surface area contributed by atoms with E-state index < -0.39 is 16.0 Å². The molecule has 0 aliphatic rings. The monoisotopic (exact) mass is 319 g/mol. The Bertz CT molecular complexity index is 611. The Labute approximate surface area is 124 Å². The van der Waals surface area contributed by atoms with Crippen LogP contribution in [0.25, 0.3) is 0 Å². The first-order chi connectivity index (χ1) is 8.89. The van der Waals surface area contributed by atoms with Gasteiger partial charge in [-0.3, -0.25) is 0 Å². The lowest BCUT2D eigenvalue weighted by Crippen LogP contribution is -2.42. The highest BCUT2D eigenvalue weighted by atomic mass is 32.2. The zero-order valence-electron chi connectivity index (χ0n) is 12.6. The predicted molar refractivity (Wildman–Crippen MR) is 79.9 cm³/mol. The van der Waals surface area contributed by atoms with Gasteiger partial charge in [0.15, 0.2) is 0 Å². The fourth-order valence-electron chi connectivity index (χ4n) is 1.69. The Morgan fingerprint density at radius 3 is 2.25 bits per heavy atom. The van der Waals surface area contributed by atoms with Gasteiger partial charge in [0.1, 0.15) is 9.09 Å². The zero-order valence-corrected chi connectivity index (χ0v) is 14.2. The lowest BCUT2D eigenvalue weighted by Gasteiger charge is -2.34. The highest BCUT2D eigenvalue weighted by Crippen LogP contribution is 2.32. The molecule has 0 amide bonds. The largest absolute Gasteiger partial charge is 0.477 e. The van der Waals surface area contributed by atoms with Crippen LogP contribution in [0, 0.1) is 12.3 Å². The first kappa shape index (κ1) is 17.1. The van der Waals surface area contributed by atoms with Gasteiger partial charge in [-0.25, -0.2) is 13.2 Å². The topological polar surface area (TPSA) is 74.7 Å². The first-order valence-electron chi connectivity index (χ1n) is 6.20. The van der Waals surface area contributed by atoms with Gasteiger partial charge >= 0.3 is 5.97 Å². The molecule has 7 heteroatoms. The molecule has 0 bridgehead atoms. The van der Waals surface area contributed by atoms with Crippen molar-refractivity contribution in [3.8, 4) is 0 Å². The second-order valence-electron chi connectivity index (χ2n) is 5.95. The maximum Gasteiger partial charge on any atom is 0.346 e. The molecular formula is C13H21NO4S2. The maximum atomic E-state index is 12.6. The molecule has 0 aliphatic carbocycles. The van der Waals surface area contributed by atoms with Gasteiger partial charge in [-0.1, -0.05) is 20.8 Å². The lowest BCUT2D eigenvalue weighted by atomic mass is 9.88. The second-order valence-corrected chi connectivity index (χ2v) is 9.22. The van der Waals surface area contributed by atoms with Gasteiger partial charge < -0.3 is 5.11 Å². The van der Waals surface area contributed by atoms with Crippen molar-refractivity contribution in [2.24, 2.45) is 5.41 Å². The van der Waals surface area contributed by atoms with Crippen LogP contribution in [0.5, 0.6) is 0 Å². The number of nitrogens with zero attached hydrogens (tertiary/aromatic N) is 1. The van der Waals surface area contributed by atoms with E-state index in [9.17, 15) is 13.2 Å². The van der Waals surface area contributed by atoms with Crippen LogP contribution in [0.15, 0.2) is 10.3 Å². The predicted octanol–water partition coefficient (Wildman–Crippen LogP) is 2.81. The summed E-state index contributed by atoms with van der Waals surface area (Å²) >= 11 is 0.802. The summed E-state index contributed by atoms with van der Waals surface area (Å²) in [6.45, 7) is 9.34. The number of hydrogen-bond donors (Lipinski definition) is 1. The third kappa shape index (κ3) is 3.21. The van der Waals surface area contributed by atoms with Gasteiger partial charge in [0, 0.05) is 13.1 Å². The van der Waals surface area contributed by atoms with Crippen LogP contribution < -0.4 is 0 Å². The summed E-state index contributed by atoms with van der Waals surface area (Å²) in [5, 5.41) is 9.02. The van der Waals surface area contributed by atoms with Crippen LogP contribution in [0.1, 0.15) is 42.9 Å². The van der Waals surface area contributed by atoms with E-state index in [4.69, 9.17) is 5.11 Å². The lowest BCUT2D eigenvalue weighted by molar-refractivity contribution is 0.0701. The molecule has 0 radical (unpaired) electrons. The third-order valence-electron chi connectivity index (χ3n) is 3.52. The summed E-state index contributed by atoms with van der Waals surface area (Å²) in [6.07, 6.45) is 0. The van der Waals surface area contributed by atoms with E-state index in [1.807, 2.05) is 27.7 Å².